The van der Waals surface area contributed by atoms with Crippen LogP contribution in [-0.4, -0.2) is 35.4 Å². The minimum atomic E-state index is 0.00181. The molecular formula is C13H20N4O. The van der Waals surface area contributed by atoms with Crippen molar-refractivity contribution in [2.24, 2.45) is 0 Å². The van der Waals surface area contributed by atoms with Crippen molar-refractivity contribution in [1.29, 1.82) is 0 Å². The number of aromatic nitrogens is 1. The van der Waals surface area contributed by atoms with Crippen molar-refractivity contribution in [3.63, 3.8) is 0 Å². The molecule has 18 heavy (non-hydrogen) atoms. The average Bonchev–Trinajstić information content (AvgIpc) is 2.35. The minimum Gasteiger partial charge on any atom is -0.397 e. The minimum absolute atomic E-state index is 0.00181. The van der Waals surface area contributed by atoms with Crippen molar-refractivity contribution < 1.29 is 4.79 Å². The first-order valence-electron chi connectivity index (χ1n) is 6.39. The van der Waals surface area contributed by atoms with Gasteiger partial charge in [-0.2, -0.15) is 0 Å². The zero-order chi connectivity index (χ0) is 13.0. The highest BCUT2D eigenvalue weighted by atomic mass is 16.2. The van der Waals surface area contributed by atoms with E-state index in [4.69, 9.17) is 5.73 Å². The van der Waals surface area contributed by atoms with Gasteiger partial charge in [-0.1, -0.05) is 6.42 Å². The highest BCUT2D eigenvalue weighted by molar-refractivity contribution is 5.92. The lowest BCUT2D eigenvalue weighted by Crippen LogP contribution is -2.36. The molecular weight excluding hydrogens is 228 g/mol. The maximum atomic E-state index is 11.9. The molecule has 0 bridgehead atoms. The molecule has 1 amide bonds. The van der Waals surface area contributed by atoms with Crippen LogP contribution in [0.15, 0.2) is 12.3 Å². The molecule has 1 aliphatic heterocycles. The quantitative estimate of drug-likeness (QED) is 0.848. The molecule has 1 fully saturated rings. The van der Waals surface area contributed by atoms with Gasteiger partial charge < -0.3 is 11.1 Å². The molecule has 3 N–H and O–H groups in total. The standard InChI is InChI=1S/C13H20N4O/c1-10-12(14)7-11(8-15-10)16-13(18)9-17-5-3-2-4-6-17/h7-8H,2-6,9,14H2,1H3,(H,16,18). The van der Waals surface area contributed by atoms with Gasteiger partial charge in [0.2, 0.25) is 5.91 Å². The monoisotopic (exact) mass is 248 g/mol. The number of pyridine rings is 1. The summed E-state index contributed by atoms with van der Waals surface area (Å²) in [7, 11) is 0. The largest absolute Gasteiger partial charge is 0.397 e. The van der Waals surface area contributed by atoms with E-state index in [0.29, 0.717) is 17.9 Å². The first kappa shape index (κ1) is 12.8. The van der Waals surface area contributed by atoms with Gasteiger partial charge in [-0.15, -0.1) is 0 Å². The number of carbonyl (C=O) groups is 1. The van der Waals surface area contributed by atoms with Crippen molar-refractivity contribution in [3.8, 4) is 0 Å². The van der Waals surface area contributed by atoms with Crippen molar-refractivity contribution in [3.05, 3.63) is 18.0 Å². The van der Waals surface area contributed by atoms with Gasteiger partial charge in [0.05, 0.1) is 29.8 Å². The number of amides is 1. The van der Waals surface area contributed by atoms with E-state index in [0.717, 1.165) is 18.8 Å². The fraction of sp³-hybridized carbons (Fsp3) is 0.538. The van der Waals surface area contributed by atoms with Crippen molar-refractivity contribution in [2.75, 3.05) is 30.7 Å². The van der Waals surface area contributed by atoms with Gasteiger partial charge >= 0.3 is 0 Å². The molecule has 0 saturated carbocycles. The van der Waals surface area contributed by atoms with E-state index in [-0.39, 0.29) is 5.91 Å². The first-order chi connectivity index (χ1) is 8.65. The number of nitrogens with two attached hydrogens (primary N) is 1. The van der Waals surface area contributed by atoms with Crippen LogP contribution in [0.2, 0.25) is 0 Å². The lowest BCUT2D eigenvalue weighted by Gasteiger charge is -2.25. The summed E-state index contributed by atoms with van der Waals surface area (Å²) < 4.78 is 0. The van der Waals surface area contributed by atoms with Gasteiger partial charge in [0.1, 0.15) is 0 Å². The van der Waals surface area contributed by atoms with Crippen LogP contribution in [0.25, 0.3) is 0 Å². The number of piperidine rings is 1. The van der Waals surface area contributed by atoms with E-state index < -0.39 is 0 Å². The second-order valence-electron chi connectivity index (χ2n) is 4.78. The Labute approximate surface area is 107 Å². The third kappa shape index (κ3) is 3.43. The first-order valence-corrected chi connectivity index (χ1v) is 6.39. The topological polar surface area (TPSA) is 71.2 Å². The summed E-state index contributed by atoms with van der Waals surface area (Å²) in [5.41, 5.74) is 7.81. The van der Waals surface area contributed by atoms with Gasteiger partial charge in [0.25, 0.3) is 0 Å². The molecule has 0 unspecified atom stereocenters. The number of hydrogen-bond acceptors (Lipinski definition) is 4. The molecule has 0 spiro atoms. The van der Waals surface area contributed by atoms with Crippen LogP contribution in [-0.2, 0) is 4.79 Å². The Hall–Kier alpha value is -1.62. The summed E-state index contributed by atoms with van der Waals surface area (Å²) in [5.74, 6) is 0.00181. The fourth-order valence-corrected chi connectivity index (χ4v) is 2.14. The van der Waals surface area contributed by atoms with Gasteiger partial charge in [-0.3, -0.25) is 14.7 Å². The van der Waals surface area contributed by atoms with Crippen LogP contribution >= 0.6 is 0 Å². The Bertz CT molecular complexity index is 427. The third-order valence-corrected chi connectivity index (χ3v) is 3.23. The second kappa shape index (κ2) is 5.82. The Kier molecular flexibility index (Phi) is 4.15. The highest BCUT2D eigenvalue weighted by Gasteiger charge is 2.14. The summed E-state index contributed by atoms with van der Waals surface area (Å²) in [6, 6.07) is 1.75. The van der Waals surface area contributed by atoms with Crippen LogP contribution in [0.5, 0.6) is 0 Å². The van der Waals surface area contributed by atoms with E-state index in [9.17, 15) is 4.79 Å². The van der Waals surface area contributed by atoms with E-state index in [2.05, 4.69) is 15.2 Å². The predicted octanol–water partition coefficient (Wildman–Crippen LogP) is 1.40. The molecule has 1 saturated heterocycles. The summed E-state index contributed by atoms with van der Waals surface area (Å²) in [4.78, 5) is 18.2. The van der Waals surface area contributed by atoms with Gasteiger partial charge in [0, 0.05) is 0 Å². The smallest absolute Gasteiger partial charge is 0.238 e. The zero-order valence-electron chi connectivity index (χ0n) is 10.8. The normalized spacial score (nSPS) is 16.5. The van der Waals surface area contributed by atoms with Crippen LogP contribution in [0.3, 0.4) is 0 Å². The number of anilines is 2. The van der Waals surface area contributed by atoms with Crippen LogP contribution in [0, 0.1) is 6.92 Å². The van der Waals surface area contributed by atoms with Crippen molar-refractivity contribution >= 4 is 17.3 Å². The molecule has 0 atom stereocenters. The lowest BCUT2D eigenvalue weighted by atomic mass is 10.1. The molecule has 98 valence electrons. The molecule has 2 rings (SSSR count). The summed E-state index contributed by atoms with van der Waals surface area (Å²) in [6.07, 6.45) is 5.29. The van der Waals surface area contributed by atoms with Gasteiger partial charge in [0.15, 0.2) is 0 Å². The maximum absolute atomic E-state index is 11.9. The molecule has 0 radical (unpaired) electrons. The number of nitrogen functional groups attached to an aromatic ring is 1. The van der Waals surface area contributed by atoms with E-state index in [1.807, 2.05) is 6.92 Å². The maximum Gasteiger partial charge on any atom is 0.238 e. The van der Waals surface area contributed by atoms with E-state index in [1.165, 1.54) is 19.3 Å². The van der Waals surface area contributed by atoms with Gasteiger partial charge in [-0.25, -0.2) is 0 Å². The molecule has 5 heteroatoms. The number of nitrogens with one attached hydrogen (secondary N) is 1. The summed E-state index contributed by atoms with van der Waals surface area (Å²) >= 11 is 0. The molecule has 0 aliphatic carbocycles. The fourth-order valence-electron chi connectivity index (χ4n) is 2.14. The SMILES string of the molecule is Cc1ncc(NC(=O)CN2CCCCC2)cc1N. The zero-order valence-corrected chi connectivity index (χ0v) is 10.8. The molecule has 1 aromatic heterocycles. The van der Waals surface area contributed by atoms with Crippen molar-refractivity contribution in [1.82, 2.24) is 9.88 Å². The number of nitrogens with zero attached hydrogens (tertiary/aromatic N) is 2. The van der Waals surface area contributed by atoms with E-state index >= 15 is 0 Å². The molecule has 1 aromatic rings. The Morgan fingerprint density at radius 1 is 1.44 bits per heavy atom. The summed E-state index contributed by atoms with van der Waals surface area (Å²) in [5, 5.41) is 2.83. The van der Waals surface area contributed by atoms with Crippen LogP contribution in [0.1, 0.15) is 25.0 Å². The number of carbonyl (C=O) groups excluding carboxylic acids is 1. The van der Waals surface area contributed by atoms with Crippen LogP contribution in [0.4, 0.5) is 11.4 Å². The molecule has 2 heterocycles. The number of aryl methyl sites for hydroxylation is 1. The van der Waals surface area contributed by atoms with Crippen LogP contribution < -0.4 is 11.1 Å². The van der Waals surface area contributed by atoms with Gasteiger partial charge in [-0.05, 0) is 38.9 Å². The molecule has 1 aliphatic rings. The Morgan fingerprint density at radius 3 is 2.83 bits per heavy atom. The number of likely N-dealkylation sites (tertiary alicyclic amines) is 1. The van der Waals surface area contributed by atoms with Crippen molar-refractivity contribution in [2.45, 2.75) is 26.2 Å². The third-order valence-electron chi connectivity index (χ3n) is 3.23. The molecule has 5 nitrogen and oxygen atoms in total. The number of hydrogen-bond donors (Lipinski definition) is 2. The highest BCUT2D eigenvalue weighted by Crippen LogP contribution is 2.14. The predicted molar refractivity (Wildman–Crippen MR) is 72.3 cm³/mol. The lowest BCUT2D eigenvalue weighted by molar-refractivity contribution is -0.117. The Balaban J connectivity index is 1.88. The average molecular weight is 248 g/mol. The van der Waals surface area contributed by atoms with E-state index in [1.54, 1.807) is 12.3 Å². The molecule has 0 aromatic carbocycles. The Morgan fingerprint density at radius 2 is 2.17 bits per heavy atom. The second-order valence-corrected chi connectivity index (χ2v) is 4.78. The summed E-state index contributed by atoms with van der Waals surface area (Å²) in [6.45, 7) is 4.33. The number of rotatable bonds is 3.